The molecular formula is C8H14O. The Balaban J connectivity index is 2.10. The summed E-state index contributed by atoms with van der Waals surface area (Å²) in [6.45, 7) is 4.11. The molecule has 1 saturated carbocycles. The van der Waals surface area contributed by atoms with Crippen molar-refractivity contribution in [2.24, 2.45) is 0 Å². The topological polar surface area (TPSA) is 9.23 Å². The van der Waals surface area contributed by atoms with Crippen LogP contribution in [-0.2, 0) is 4.74 Å². The van der Waals surface area contributed by atoms with Crippen molar-refractivity contribution in [2.75, 3.05) is 0 Å². The van der Waals surface area contributed by atoms with Gasteiger partial charge in [-0.2, -0.15) is 0 Å². The van der Waals surface area contributed by atoms with Gasteiger partial charge in [-0.15, -0.1) is 0 Å². The molecule has 52 valence electrons. The summed E-state index contributed by atoms with van der Waals surface area (Å²) in [6.07, 6.45) is 6.26. The number of allylic oxidation sites excluding steroid dienone is 1. The molecule has 0 saturated heterocycles. The van der Waals surface area contributed by atoms with Crippen LogP contribution in [0.15, 0.2) is 11.8 Å². The van der Waals surface area contributed by atoms with E-state index in [9.17, 15) is 0 Å². The highest BCUT2D eigenvalue weighted by Gasteiger charge is 2.16. The van der Waals surface area contributed by atoms with Crippen molar-refractivity contribution in [3.05, 3.63) is 11.8 Å². The van der Waals surface area contributed by atoms with Crippen LogP contribution in [-0.4, -0.2) is 6.10 Å². The maximum atomic E-state index is 5.38. The van der Waals surface area contributed by atoms with Crippen LogP contribution in [0, 0.1) is 0 Å². The highest BCUT2D eigenvalue weighted by atomic mass is 16.5. The monoisotopic (exact) mass is 126 g/mol. The first-order valence-corrected chi connectivity index (χ1v) is 3.58. The molecule has 0 aliphatic heterocycles. The third-order valence-corrected chi connectivity index (χ3v) is 1.55. The Morgan fingerprint density at radius 1 is 1.44 bits per heavy atom. The largest absolute Gasteiger partial charge is 0.498 e. The lowest BCUT2D eigenvalue weighted by Gasteiger charge is -2.24. The molecule has 0 aromatic heterocycles. The Kier molecular flexibility index (Phi) is 2.15. The van der Waals surface area contributed by atoms with Gasteiger partial charge in [-0.25, -0.2) is 0 Å². The number of hydrogen-bond donors (Lipinski definition) is 0. The van der Waals surface area contributed by atoms with Gasteiger partial charge in [0.2, 0.25) is 0 Å². The molecule has 0 aromatic carbocycles. The van der Waals surface area contributed by atoms with Crippen molar-refractivity contribution in [2.45, 2.75) is 39.2 Å². The third-order valence-electron chi connectivity index (χ3n) is 1.55. The predicted molar refractivity (Wildman–Crippen MR) is 38.2 cm³/mol. The molecule has 0 N–H and O–H groups in total. The van der Waals surface area contributed by atoms with E-state index in [0.29, 0.717) is 6.10 Å². The Morgan fingerprint density at radius 3 is 2.44 bits per heavy atom. The molecule has 0 spiro atoms. The molecular weight excluding hydrogens is 112 g/mol. The van der Waals surface area contributed by atoms with Crippen LogP contribution < -0.4 is 0 Å². The molecule has 1 aliphatic carbocycles. The highest BCUT2D eigenvalue weighted by Crippen LogP contribution is 2.22. The maximum Gasteiger partial charge on any atom is 0.0978 e. The van der Waals surface area contributed by atoms with Crippen molar-refractivity contribution in [3.8, 4) is 0 Å². The molecule has 0 aromatic rings. The van der Waals surface area contributed by atoms with Crippen LogP contribution in [0.3, 0.4) is 0 Å². The zero-order valence-electron chi connectivity index (χ0n) is 6.18. The zero-order valence-corrected chi connectivity index (χ0v) is 6.18. The maximum absolute atomic E-state index is 5.38. The summed E-state index contributed by atoms with van der Waals surface area (Å²) in [6, 6.07) is 0. The van der Waals surface area contributed by atoms with E-state index < -0.39 is 0 Å². The molecule has 1 rings (SSSR count). The first kappa shape index (κ1) is 6.66. The Hall–Kier alpha value is -0.460. The van der Waals surface area contributed by atoms with E-state index in [1.54, 1.807) is 0 Å². The predicted octanol–water partition coefficient (Wildman–Crippen LogP) is 2.48. The van der Waals surface area contributed by atoms with Crippen LogP contribution in [0.4, 0.5) is 0 Å². The summed E-state index contributed by atoms with van der Waals surface area (Å²) in [4.78, 5) is 0. The molecule has 1 fully saturated rings. The molecule has 1 nitrogen and oxygen atoms in total. The zero-order chi connectivity index (χ0) is 6.69. The summed E-state index contributed by atoms with van der Waals surface area (Å²) in [5.41, 5.74) is 1.25. The van der Waals surface area contributed by atoms with Gasteiger partial charge in [0, 0.05) is 0 Å². The van der Waals surface area contributed by atoms with E-state index >= 15 is 0 Å². The fraction of sp³-hybridized carbons (Fsp3) is 0.750. The Labute approximate surface area is 56.7 Å². The molecule has 0 unspecified atom stereocenters. The van der Waals surface area contributed by atoms with Crippen molar-refractivity contribution in [1.82, 2.24) is 0 Å². The van der Waals surface area contributed by atoms with Crippen LogP contribution in [0.5, 0.6) is 0 Å². The fourth-order valence-corrected chi connectivity index (χ4v) is 0.739. The second-order valence-electron chi connectivity index (χ2n) is 2.88. The van der Waals surface area contributed by atoms with Crippen molar-refractivity contribution < 1.29 is 4.74 Å². The first-order valence-electron chi connectivity index (χ1n) is 3.58. The molecule has 0 heterocycles. The van der Waals surface area contributed by atoms with Gasteiger partial charge in [0.15, 0.2) is 0 Å². The van der Waals surface area contributed by atoms with Gasteiger partial charge in [0.05, 0.1) is 12.4 Å². The quantitative estimate of drug-likeness (QED) is 0.516. The summed E-state index contributed by atoms with van der Waals surface area (Å²) < 4.78 is 5.38. The molecule has 1 heteroatoms. The minimum Gasteiger partial charge on any atom is -0.498 e. The third kappa shape index (κ3) is 2.08. The highest BCUT2D eigenvalue weighted by molar-refractivity contribution is 4.88. The van der Waals surface area contributed by atoms with Gasteiger partial charge in [-0.05, 0) is 38.7 Å². The molecule has 1 aliphatic rings. The summed E-state index contributed by atoms with van der Waals surface area (Å²) in [5.74, 6) is 0. The second kappa shape index (κ2) is 2.90. The summed E-state index contributed by atoms with van der Waals surface area (Å²) >= 11 is 0. The lowest BCUT2D eigenvalue weighted by atomic mass is 9.96. The van der Waals surface area contributed by atoms with E-state index in [1.165, 1.54) is 24.8 Å². The van der Waals surface area contributed by atoms with Crippen LogP contribution in [0.1, 0.15) is 33.1 Å². The molecule has 0 radical (unpaired) electrons. The fourth-order valence-electron chi connectivity index (χ4n) is 0.739. The molecule has 9 heavy (non-hydrogen) atoms. The van der Waals surface area contributed by atoms with Crippen LogP contribution >= 0.6 is 0 Å². The van der Waals surface area contributed by atoms with Crippen LogP contribution in [0.2, 0.25) is 0 Å². The average Bonchev–Trinajstić information content (AvgIpc) is 1.60. The van der Waals surface area contributed by atoms with Crippen molar-refractivity contribution in [3.63, 3.8) is 0 Å². The lowest BCUT2D eigenvalue weighted by molar-refractivity contribution is 0.0724. The number of rotatable bonds is 2. The van der Waals surface area contributed by atoms with Gasteiger partial charge >= 0.3 is 0 Å². The van der Waals surface area contributed by atoms with E-state index in [0.717, 1.165) is 0 Å². The normalized spacial score (nSPS) is 18.4. The standard InChI is InChI=1S/C8H14O/c1-7(2)6-9-8-4-3-5-8/h6,8H,3-5H2,1-2H3. The smallest absolute Gasteiger partial charge is 0.0978 e. The van der Waals surface area contributed by atoms with Gasteiger partial charge in [0.1, 0.15) is 0 Å². The summed E-state index contributed by atoms with van der Waals surface area (Å²) in [7, 11) is 0. The van der Waals surface area contributed by atoms with E-state index in [4.69, 9.17) is 4.74 Å². The lowest BCUT2D eigenvalue weighted by Crippen LogP contribution is -2.18. The number of hydrogen-bond acceptors (Lipinski definition) is 1. The minimum absolute atomic E-state index is 0.542. The molecule has 0 atom stereocenters. The number of ether oxygens (including phenoxy) is 1. The summed E-state index contributed by atoms with van der Waals surface area (Å²) in [5, 5.41) is 0. The van der Waals surface area contributed by atoms with Crippen LogP contribution in [0.25, 0.3) is 0 Å². The van der Waals surface area contributed by atoms with E-state index in [-0.39, 0.29) is 0 Å². The van der Waals surface area contributed by atoms with Gasteiger partial charge in [-0.3, -0.25) is 0 Å². The van der Waals surface area contributed by atoms with Gasteiger partial charge in [-0.1, -0.05) is 0 Å². The van der Waals surface area contributed by atoms with Gasteiger partial charge < -0.3 is 4.74 Å². The Morgan fingerprint density at radius 2 is 2.11 bits per heavy atom. The minimum atomic E-state index is 0.542. The van der Waals surface area contributed by atoms with Gasteiger partial charge in [0.25, 0.3) is 0 Å². The average molecular weight is 126 g/mol. The second-order valence-corrected chi connectivity index (χ2v) is 2.88. The van der Waals surface area contributed by atoms with Crippen molar-refractivity contribution >= 4 is 0 Å². The first-order chi connectivity index (χ1) is 4.29. The Bertz CT molecular complexity index is 108. The van der Waals surface area contributed by atoms with E-state index in [1.807, 2.05) is 6.26 Å². The molecule has 0 bridgehead atoms. The molecule has 0 amide bonds. The SMILES string of the molecule is CC(C)=COC1CCC1. The van der Waals surface area contributed by atoms with Crippen molar-refractivity contribution in [1.29, 1.82) is 0 Å². The van der Waals surface area contributed by atoms with E-state index in [2.05, 4.69) is 13.8 Å².